The Bertz CT molecular complexity index is 395. The van der Waals surface area contributed by atoms with Crippen LogP contribution in [0.25, 0.3) is 0 Å². The van der Waals surface area contributed by atoms with Crippen molar-refractivity contribution >= 4 is 17.4 Å². The first-order valence-corrected chi connectivity index (χ1v) is 4.34. The maximum atomic E-state index is 10.5. The predicted octanol–water partition coefficient (Wildman–Crippen LogP) is -1.16. The van der Waals surface area contributed by atoms with Gasteiger partial charge in [0.05, 0.1) is 11.6 Å². The van der Waals surface area contributed by atoms with Crippen LogP contribution < -0.4 is 5.32 Å². The molecule has 94 valence electrons. The lowest BCUT2D eigenvalue weighted by Gasteiger charge is -2.21. The zero-order valence-corrected chi connectivity index (χ0v) is 8.73. The van der Waals surface area contributed by atoms with Crippen molar-refractivity contribution in [3.8, 4) is 0 Å². The quantitative estimate of drug-likeness (QED) is 0.220. The number of halogens is 1. The van der Waals surface area contributed by atoms with Gasteiger partial charge in [0.1, 0.15) is 9.85 Å². The second-order valence-electron chi connectivity index (χ2n) is 2.83. The molecule has 0 saturated heterocycles. The second kappa shape index (κ2) is 4.32. The number of nitro groups is 3. The van der Waals surface area contributed by atoms with E-state index in [0.717, 1.165) is 0 Å². The molecule has 17 heavy (non-hydrogen) atoms. The van der Waals surface area contributed by atoms with Gasteiger partial charge in [-0.15, -0.1) is 0 Å². The van der Waals surface area contributed by atoms with Crippen molar-refractivity contribution in [2.75, 3.05) is 13.3 Å². The van der Waals surface area contributed by atoms with Gasteiger partial charge in [0.2, 0.25) is 0 Å². The van der Waals surface area contributed by atoms with Crippen LogP contribution in [0.15, 0.2) is 4.99 Å². The molecule has 0 aromatic rings. The Balaban J connectivity index is 2.98. The van der Waals surface area contributed by atoms with Crippen LogP contribution in [-0.4, -0.2) is 44.2 Å². The van der Waals surface area contributed by atoms with E-state index < -0.39 is 39.2 Å². The van der Waals surface area contributed by atoms with E-state index in [9.17, 15) is 30.3 Å². The Morgan fingerprint density at radius 2 is 1.82 bits per heavy atom. The Labute approximate surface area is 97.3 Å². The lowest BCUT2D eigenvalue weighted by Crippen LogP contribution is -2.58. The molecule has 0 bridgehead atoms. The fraction of sp³-hybridized carbons (Fsp3) is 0.750. The number of hydrogen-bond donors (Lipinski definition) is 1. The lowest BCUT2D eigenvalue weighted by atomic mass is 10.4. The highest BCUT2D eigenvalue weighted by Crippen LogP contribution is 2.19. The lowest BCUT2D eigenvalue weighted by molar-refractivity contribution is -0.743. The second-order valence-corrected chi connectivity index (χ2v) is 3.36. The average Bonchev–Trinajstić information content (AvgIpc) is 2.27. The van der Waals surface area contributed by atoms with Crippen LogP contribution >= 0.6 is 11.6 Å². The summed E-state index contributed by atoms with van der Waals surface area (Å²) in [7, 11) is 0. The van der Waals surface area contributed by atoms with E-state index in [2.05, 4.69) is 10.3 Å². The van der Waals surface area contributed by atoms with Gasteiger partial charge in [-0.3, -0.25) is 20.2 Å². The van der Waals surface area contributed by atoms with E-state index in [-0.39, 0.29) is 0 Å². The number of alkyl halides is 1. The topological polar surface area (TPSA) is 157 Å². The number of rotatable bonds is 4. The maximum Gasteiger partial charge on any atom is 0.595 e. The number of hydrogen-bond acceptors (Lipinski definition) is 8. The van der Waals surface area contributed by atoms with Crippen LogP contribution in [0.2, 0.25) is 0 Å². The van der Waals surface area contributed by atoms with Crippen molar-refractivity contribution in [1.82, 2.24) is 10.3 Å². The van der Waals surface area contributed by atoms with Crippen LogP contribution in [0.1, 0.15) is 0 Å². The molecule has 0 aromatic heterocycles. The Hall–Kier alpha value is -2.24. The molecule has 0 saturated carbocycles. The van der Waals surface area contributed by atoms with Crippen LogP contribution in [0.3, 0.4) is 0 Å². The van der Waals surface area contributed by atoms with Gasteiger partial charge in [-0.25, -0.2) is 15.1 Å². The first-order chi connectivity index (χ1) is 7.80. The molecule has 1 aliphatic rings. The first kappa shape index (κ1) is 12.8. The van der Waals surface area contributed by atoms with Gasteiger partial charge in [-0.1, -0.05) is 5.01 Å². The molecule has 1 rings (SSSR count). The predicted molar refractivity (Wildman–Crippen MR) is 51.7 cm³/mol. The highest BCUT2D eigenvalue weighted by atomic mass is 35.5. The molecule has 1 N–H and O–H groups in total. The van der Waals surface area contributed by atoms with Gasteiger partial charge >= 0.3 is 5.12 Å². The first-order valence-electron chi connectivity index (χ1n) is 3.96. The zero-order valence-electron chi connectivity index (χ0n) is 7.98. The zero-order chi connectivity index (χ0) is 13.2. The van der Waals surface area contributed by atoms with E-state index in [1.165, 1.54) is 0 Å². The number of amidine groups is 1. The monoisotopic (exact) mass is 268 g/mol. The molecule has 0 radical (unpaired) electrons. The molecular weight excluding hydrogens is 264 g/mol. The summed E-state index contributed by atoms with van der Waals surface area (Å²) in [6, 6.07) is 0. The van der Waals surface area contributed by atoms with Crippen molar-refractivity contribution in [3.63, 3.8) is 0 Å². The summed E-state index contributed by atoms with van der Waals surface area (Å²) >= 11 is 5.24. The van der Waals surface area contributed by atoms with E-state index in [1.54, 1.807) is 0 Å². The van der Waals surface area contributed by atoms with Crippen molar-refractivity contribution in [2.24, 2.45) is 4.99 Å². The normalized spacial score (nSPS) is 15.8. The van der Waals surface area contributed by atoms with Gasteiger partial charge in [0.15, 0.2) is 18.4 Å². The molecule has 0 spiro atoms. The van der Waals surface area contributed by atoms with Gasteiger partial charge in [-0.2, -0.15) is 0 Å². The van der Waals surface area contributed by atoms with E-state index in [0.29, 0.717) is 5.01 Å². The number of nitrogens with one attached hydrogen (secondary N) is 1. The van der Waals surface area contributed by atoms with Crippen LogP contribution in [0.5, 0.6) is 0 Å². The molecule has 12 nitrogen and oxygen atoms in total. The van der Waals surface area contributed by atoms with Gasteiger partial charge in [-0.05, 0) is 0 Å². The molecule has 1 aliphatic heterocycles. The molecule has 0 fully saturated rings. The minimum atomic E-state index is -3.15. The van der Waals surface area contributed by atoms with Crippen molar-refractivity contribution in [2.45, 2.75) is 5.12 Å². The Morgan fingerprint density at radius 1 is 1.29 bits per heavy atom. The van der Waals surface area contributed by atoms with Gasteiger partial charge < -0.3 is 5.32 Å². The number of hydrazine groups is 1. The third-order valence-electron chi connectivity index (χ3n) is 1.84. The standard InChI is InChI=1S/C4H5ClN6O6/c5-4(9(12)13,10(14)15)3-6-1-8(2-7-3)11(16)17/h1-2H2,(H,6,7). The summed E-state index contributed by atoms with van der Waals surface area (Å²) in [4.78, 5) is 32.0. The number of nitrogens with zero attached hydrogens (tertiary/aromatic N) is 5. The van der Waals surface area contributed by atoms with Gasteiger partial charge in [0, 0.05) is 0 Å². The minimum absolute atomic E-state index is 0.470. The summed E-state index contributed by atoms with van der Waals surface area (Å²) < 4.78 is 0. The van der Waals surface area contributed by atoms with Crippen molar-refractivity contribution < 1.29 is 14.9 Å². The third-order valence-corrected chi connectivity index (χ3v) is 2.29. The Kier molecular flexibility index (Phi) is 3.26. The minimum Gasteiger partial charge on any atom is -0.338 e. The van der Waals surface area contributed by atoms with E-state index in [4.69, 9.17) is 11.6 Å². The molecule has 0 atom stereocenters. The largest absolute Gasteiger partial charge is 0.595 e. The van der Waals surface area contributed by atoms with Crippen LogP contribution in [0, 0.1) is 30.3 Å². The molecular formula is C4H5ClN6O6. The molecule has 0 aliphatic carbocycles. The smallest absolute Gasteiger partial charge is 0.338 e. The fourth-order valence-corrected chi connectivity index (χ4v) is 1.11. The van der Waals surface area contributed by atoms with Crippen molar-refractivity contribution in [3.05, 3.63) is 30.3 Å². The summed E-state index contributed by atoms with van der Waals surface area (Å²) in [5.74, 6) is -0.743. The summed E-state index contributed by atoms with van der Waals surface area (Å²) in [5.41, 5.74) is 0. The van der Waals surface area contributed by atoms with Crippen LogP contribution in [0.4, 0.5) is 0 Å². The molecule has 0 amide bonds. The summed E-state index contributed by atoms with van der Waals surface area (Å²) in [5, 5.41) is 30.1. The van der Waals surface area contributed by atoms with Crippen molar-refractivity contribution in [1.29, 1.82) is 0 Å². The van der Waals surface area contributed by atoms with Gasteiger partial charge in [0.25, 0.3) is 5.84 Å². The fourth-order valence-electron chi connectivity index (χ4n) is 0.986. The van der Waals surface area contributed by atoms with Crippen LogP contribution in [-0.2, 0) is 0 Å². The molecule has 13 heteroatoms. The van der Waals surface area contributed by atoms with E-state index in [1.807, 2.05) is 0 Å². The maximum absolute atomic E-state index is 10.5. The SMILES string of the molecule is O=[N+]([O-])N1CN=C(C(Cl)([N+](=O)[O-])[N+](=O)[O-])NC1. The third kappa shape index (κ3) is 2.15. The average molecular weight is 269 g/mol. The molecule has 1 heterocycles. The summed E-state index contributed by atoms with van der Waals surface area (Å²) in [6.45, 7) is -1.03. The molecule has 0 unspecified atom stereocenters. The van der Waals surface area contributed by atoms with E-state index >= 15 is 0 Å². The molecule has 0 aromatic carbocycles. The highest BCUT2D eigenvalue weighted by Gasteiger charge is 2.61. The number of aliphatic imine (C=N–C) groups is 1. The summed E-state index contributed by atoms with van der Waals surface area (Å²) in [6.07, 6.45) is 0. The Morgan fingerprint density at radius 3 is 2.12 bits per heavy atom. The highest BCUT2D eigenvalue weighted by molar-refractivity contribution is 6.32.